The maximum absolute atomic E-state index is 11.8. The number of aliphatic hydroxyl groups excluding tert-OH is 1. The van der Waals surface area contributed by atoms with Crippen molar-refractivity contribution in [2.75, 3.05) is 17.2 Å². The predicted octanol–water partition coefficient (Wildman–Crippen LogP) is 2.36. The summed E-state index contributed by atoms with van der Waals surface area (Å²) in [5, 5.41) is 27.0. The van der Waals surface area contributed by atoms with Gasteiger partial charge in [0.1, 0.15) is 11.6 Å². The van der Waals surface area contributed by atoms with E-state index in [0.717, 1.165) is 5.56 Å². The highest BCUT2D eigenvalue weighted by Crippen LogP contribution is 2.29. The van der Waals surface area contributed by atoms with E-state index in [0.29, 0.717) is 40.9 Å². The number of pyridine rings is 1. The van der Waals surface area contributed by atoms with E-state index in [-0.39, 0.29) is 24.4 Å². The van der Waals surface area contributed by atoms with E-state index in [9.17, 15) is 9.90 Å². The molecule has 11 nitrogen and oxygen atoms in total. The number of hydrogen-bond acceptors (Lipinski definition) is 10. The number of carbonyl (C=O) groups is 1. The van der Waals surface area contributed by atoms with Gasteiger partial charge in [0.2, 0.25) is 11.8 Å². The molecule has 0 aliphatic carbocycles. The van der Waals surface area contributed by atoms with E-state index in [1.807, 2.05) is 30.3 Å². The summed E-state index contributed by atoms with van der Waals surface area (Å²) in [6.07, 6.45) is 1.56. The Hall–Kier alpha value is -4.38. The van der Waals surface area contributed by atoms with Gasteiger partial charge in [0.05, 0.1) is 36.0 Å². The van der Waals surface area contributed by atoms with E-state index in [2.05, 4.69) is 41.1 Å². The zero-order valence-electron chi connectivity index (χ0n) is 17.6. The number of nitrogens with zero attached hydrogens (tertiary/aromatic N) is 5. The molecular formula is C22H20N8O3. The monoisotopic (exact) mass is 444 g/mol. The zero-order chi connectivity index (χ0) is 22.8. The summed E-state index contributed by atoms with van der Waals surface area (Å²) >= 11 is 0. The quantitative estimate of drug-likeness (QED) is 0.334. The van der Waals surface area contributed by atoms with Gasteiger partial charge in [-0.15, -0.1) is 10.2 Å². The Morgan fingerprint density at radius 1 is 1.12 bits per heavy atom. The first-order valence-electron chi connectivity index (χ1n) is 10.3. The largest absolute Gasteiger partial charge is 0.421 e. The molecule has 11 heteroatoms. The summed E-state index contributed by atoms with van der Waals surface area (Å²) in [6.45, 7) is 1.91. The average molecular weight is 444 g/mol. The van der Waals surface area contributed by atoms with Gasteiger partial charge in [0.25, 0.3) is 11.8 Å². The van der Waals surface area contributed by atoms with Crippen LogP contribution in [0, 0.1) is 6.92 Å². The van der Waals surface area contributed by atoms with Crippen molar-refractivity contribution < 1.29 is 14.3 Å². The van der Waals surface area contributed by atoms with Crippen LogP contribution in [0.15, 0.2) is 53.1 Å². The van der Waals surface area contributed by atoms with Gasteiger partial charge in [-0.05, 0) is 17.7 Å². The van der Waals surface area contributed by atoms with Crippen molar-refractivity contribution in [2.24, 2.45) is 0 Å². The number of nitrogens with one attached hydrogen (secondary N) is 3. The zero-order valence-corrected chi connectivity index (χ0v) is 17.6. The predicted molar refractivity (Wildman–Crippen MR) is 119 cm³/mol. The van der Waals surface area contributed by atoms with Gasteiger partial charge < -0.3 is 25.5 Å². The highest BCUT2D eigenvalue weighted by atomic mass is 16.4. The molecule has 0 radical (unpaired) electrons. The number of aryl methyl sites for hydroxylation is 1. The molecule has 0 saturated heterocycles. The molecule has 1 amide bonds. The summed E-state index contributed by atoms with van der Waals surface area (Å²) in [5.74, 6) is 1.70. The van der Waals surface area contributed by atoms with Crippen LogP contribution in [0.2, 0.25) is 0 Å². The van der Waals surface area contributed by atoms with E-state index < -0.39 is 6.04 Å². The van der Waals surface area contributed by atoms with Crippen LogP contribution in [0.4, 0.5) is 17.6 Å². The maximum atomic E-state index is 11.8. The number of aromatic nitrogens is 5. The lowest BCUT2D eigenvalue weighted by molar-refractivity contribution is 0.0965. The van der Waals surface area contributed by atoms with Gasteiger partial charge in [0.15, 0.2) is 0 Å². The Bertz CT molecular complexity index is 1310. The minimum absolute atomic E-state index is 0.137. The molecule has 4 aromatic rings. The normalized spacial score (nSPS) is 13.3. The molecule has 1 atom stereocenters. The molecule has 33 heavy (non-hydrogen) atoms. The molecule has 0 spiro atoms. The highest BCUT2D eigenvalue weighted by molar-refractivity contribution is 5.97. The van der Waals surface area contributed by atoms with Crippen LogP contribution >= 0.6 is 0 Å². The van der Waals surface area contributed by atoms with Crippen molar-refractivity contribution in [2.45, 2.75) is 19.5 Å². The van der Waals surface area contributed by atoms with Crippen molar-refractivity contribution in [1.29, 1.82) is 0 Å². The molecule has 1 aromatic carbocycles. The van der Waals surface area contributed by atoms with Crippen molar-refractivity contribution in [3.8, 4) is 11.5 Å². The molecule has 1 aliphatic heterocycles. The lowest BCUT2D eigenvalue weighted by atomic mass is 10.1. The lowest BCUT2D eigenvalue weighted by Gasteiger charge is -2.19. The fourth-order valence-electron chi connectivity index (χ4n) is 3.48. The standard InChI is InChI=1S/C22H20N8O3/c1-12-29-30-21(33-12)15-9-24-22(27-18-8-7-14-16(25-18)10-23-20(14)32)28-19(15)26-17(11-31)13-5-3-2-4-6-13/h2-9,17,31H,10-11H2,1H3,(H,23,32)(H2,24,25,26,27,28)/t17-/m1/s1. The second-order valence-electron chi connectivity index (χ2n) is 7.37. The molecule has 5 rings (SSSR count). The molecule has 4 heterocycles. The molecule has 0 fully saturated rings. The molecule has 4 N–H and O–H groups in total. The van der Waals surface area contributed by atoms with Gasteiger partial charge in [-0.1, -0.05) is 30.3 Å². The topological polar surface area (TPSA) is 151 Å². The van der Waals surface area contributed by atoms with Crippen LogP contribution in [-0.2, 0) is 6.54 Å². The summed E-state index contributed by atoms with van der Waals surface area (Å²) < 4.78 is 5.57. The third kappa shape index (κ3) is 4.21. The molecule has 166 valence electrons. The fraction of sp³-hybridized carbons (Fsp3) is 0.182. The lowest BCUT2D eigenvalue weighted by Crippen LogP contribution is -2.17. The van der Waals surface area contributed by atoms with Gasteiger partial charge in [-0.3, -0.25) is 4.79 Å². The Morgan fingerprint density at radius 3 is 2.73 bits per heavy atom. The average Bonchev–Trinajstić information content (AvgIpc) is 3.43. The van der Waals surface area contributed by atoms with Gasteiger partial charge in [0, 0.05) is 13.1 Å². The third-order valence-corrected chi connectivity index (χ3v) is 5.12. The van der Waals surface area contributed by atoms with E-state index in [1.54, 1.807) is 25.3 Å². The minimum Gasteiger partial charge on any atom is -0.421 e. The van der Waals surface area contributed by atoms with Gasteiger partial charge >= 0.3 is 0 Å². The molecule has 0 saturated carbocycles. The minimum atomic E-state index is -0.424. The Labute approximate surface area is 188 Å². The van der Waals surface area contributed by atoms with Crippen molar-refractivity contribution >= 4 is 23.5 Å². The summed E-state index contributed by atoms with van der Waals surface area (Å²) in [4.78, 5) is 25.2. The number of fused-ring (bicyclic) bond motifs is 1. The molecule has 0 bridgehead atoms. The Kier molecular flexibility index (Phi) is 5.37. The number of benzene rings is 1. The third-order valence-electron chi connectivity index (χ3n) is 5.12. The summed E-state index contributed by atoms with van der Waals surface area (Å²) in [7, 11) is 0. The number of carbonyl (C=O) groups excluding carboxylic acids is 1. The first-order valence-corrected chi connectivity index (χ1v) is 10.3. The molecule has 3 aromatic heterocycles. The molecular weight excluding hydrogens is 424 g/mol. The molecule has 0 unspecified atom stereocenters. The second kappa shape index (κ2) is 8.63. The number of rotatable bonds is 7. The number of anilines is 3. The number of amides is 1. The van der Waals surface area contributed by atoms with Crippen LogP contribution in [-0.4, -0.2) is 42.8 Å². The van der Waals surface area contributed by atoms with E-state index >= 15 is 0 Å². The highest BCUT2D eigenvalue weighted by Gasteiger charge is 2.22. The Balaban J connectivity index is 1.48. The SMILES string of the molecule is Cc1nnc(-c2cnc(Nc3ccc4c(n3)CNC4=O)nc2N[C@H](CO)c2ccccc2)o1. The van der Waals surface area contributed by atoms with Crippen molar-refractivity contribution in [3.63, 3.8) is 0 Å². The van der Waals surface area contributed by atoms with E-state index in [4.69, 9.17) is 4.42 Å². The van der Waals surface area contributed by atoms with E-state index in [1.165, 1.54) is 0 Å². The second-order valence-corrected chi connectivity index (χ2v) is 7.37. The van der Waals surface area contributed by atoms with Crippen molar-refractivity contribution in [1.82, 2.24) is 30.5 Å². The first-order chi connectivity index (χ1) is 16.1. The summed E-state index contributed by atoms with van der Waals surface area (Å²) in [6, 6.07) is 12.5. The van der Waals surface area contributed by atoms with Crippen LogP contribution in [0.5, 0.6) is 0 Å². The maximum Gasteiger partial charge on any atom is 0.253 e. The van der Waals surface area contributed by atoms with Crippen LogP contribution < -0.4 is 16.0 Å². The van der Waals surface area contributed by atoms with Crippen LogP contribution in [0.25, 0.3) is 11.5 Å². The Morgan fingerprint density at radius 2 is 1.97 bits per heavy atom. The van der Waals surface area contributed by atoms with Crippen LogP contribution in [0.3, 0.4) is 0 Å². The number of hydrogen-bond donors (Lipinski definition) is 4. The van der Waals surface area contributed by atoms with Gasteiger partial charge in [-0.25, -0.2) is 9.97 Å². The first kappa shape index (κ1) is 20.5. The fourth-order valence-corrected chi connectivity index (χ4v) is 3.48. The van der Waals surface area contributed by atoms with Gasteiger partial charge in [-0.2, -0.15) is 4.98 Å². The van der Waals surface area contributed by atoms with Crippen LogP contribution in [0.1, 0.15) is 33.5 Å². The molecule has 1 aliphatic rings. The van der Waals surface area contributed by atoms with Crippen molar-refractivity contribution in [3.05, 3.63) is 71.4 Å². The smallest absolute Gasteiger partial charge is 0.253 e. The summed E-state index contributed by atoms with van der Waals surface area (Å²) in [5.41, 5.74) is 2.59. The number of aliphatic hydroxyl groups is 1.